The Balaban J connectivity index is 0.00000288. The van der Waals surface area contributed by atoms with Gasteiger partial charge in [-0.3, -0.25) is 4.79 Å². The van der Waals surface area contributed by atoms with E-state index in [9.17, 15) is 4.79 Å². The molecule has 1 fully saturated rings. The molecule has 0 spiro atoms. The van der Waals surface area contributed by atoms with Gasteiger partial charge in [0.05, 0.1) is 6.61 Å². The molecule has 1 saturated heterocycles. The van der Waals surface area contributed by atoms with Gasteiger partial charge in [0, 0.05) is 19.0 Å². The lowest BCUT2D eigenvalue weighted by molar-refractivity contribution is -0.122. The summed E-state index contributed by atoms with van der Waals surface area (Å²) in [6.45, 7) is 9.12. The van der Waals surface area contributed by atoms with Crippen LogP contribution in [0.5, 0.6) is 5.75 Å². The normalized spacial score (nSPS) is 17.7. The van der Waals surface area contributed by atoms with Gasteiger partial charge in [0.15, 0.2) is 0 Å². The second kappa shape index (κ2) is 9.90. The molecule has 1 heterocycles. The fourth-order valence-electron chi connectivity index (χ4n) is 2.75. The van der Waals surface area contributed by atoms with Gasteiger partial charge in [0.1, 0.15) is 5.75 Å². The van der Waals surface area contributed by atoms with E-state index in [1.54, 1.807) is 0 Å². The first-order valence-corrected chi connectivity index (χ1v) is 8.68. The maximum absolute atomic E-state index is 11.9. The number of benzene rings is 1. The summed E-state index contributed by atoms with van der Waals surface area (Å²) < 4.78 is 5.72. The third kappa shape index (κ3) is 7.10. The number of carbonyl (C=O) groups excluding carboxylic acids is 1. The van der Waals surface area contributed by atoms with E-state index in [-0.39, 0.29) is 23.7 Å². The first-order chi connectivity index (χ1) is 10.9. The van der Waals surface area contributed by atoms with Crippen LogP contribution in [0.15, 0.2) is 24.3 Å². The number of rotatable bonds is 6. The molecule has 136 valence electrons. The SMILES string of the molecule is CC(C)(C)c1ccc(OCCCC(=O)NC2CCCNC2)cc1.Cl. The summed E-state index contributed by atoms with van der Waals surface area (Å²) in [5, 5.41) is 6.39. The van der Waals surface area contributed by atoms with Gasteiger partial charge in [-0.05, 0) is 48.9 Å². The first kappa shape index (κ1) is 20.8. The summed E-state index contributed by atoms with van der Waals surface area (Å²) in [5.74, 6) is 1.00. The van der Waals surface area contributed by atoms with Crippen LogP contribution in [-0.2, 0) is 10.2 Å². The number of piperidine rings is 1. The van der Waals surface area contributed by atoms with Crippen molar-refractivity contribution in [2.75, 3.05) is 19.7 Å². The highest BCUT2D eigenvalue weighted by atomic mass is 35.5. The number of hydrogen-bond donors (Lipinski definition) is 2. The lowest BCUT2D eigenvalue weighted by Crippen LogP contribution is -2.45. The molecule has 2 N–H and O–H groups in total. The molecule has 0 bridgehead atoms. The average molecular weight is 355 g/mol. The van der Waals surface area contributed by atoms with Gasteiger partial charge < -0.3 is 15.4 Å². The molecule has 2 rings (SSSR count). The molecule has 1 amide bonds. The van der Waals surface area contributed by atoms with Crippen LogP contribution in [0.25, 0.3) is 0 Å². The fourth-order valence-corrected chi connectivity index (χ4v) is 2.75. The van der Waals surface area contributed by atoms with E-state index in [2.05, 4.69) is 43.5 Å². The Morgan fingerprint density at radius 2 is 2.00 bits per heavy atom. The van der Waals surface area contributed by atoms with Gasteiger partial charge in [-0.25, -0.2) is 0 Å². The topological polar surface area (TPSA) is 50.4 Å². The predicted octanol–water partition coefficient (Wildman–Crippen LogP) is 3.43. The molecule has 1 aliphatic rings. The molecule has 4 nitrogen and oxygen atoms in total. The molecule has 24 heavy (non-hydrogen) atoms. The van der Waals surface area contributed by atoms with Gasteiger partial charge in [-0.1, -0.05) is 32.9 Å². The molecule has 0 saturated carbocycles. The molecule has 0 aromatic heterocycles. The number of hydrogen-bond acceptors (Lipinski definition) is 3. The molecule has 0 aliphatic carbocycles. The van der Waals surface area contributed by atoms with Crippen LogP contribution in [0.4, 0.5) is 0 Å². The Hall–Kier alpha value is -1.26. The first-order valence-electron chi connectivity index (χ1n) is 8.68. The van der Waals surface area contributed by atoms with E-state index in [1.165, 1.54) is 5.56 Å². The Labute approximate surface area is 152 Å². The number of ether oxygens (including phenoxy) is 1. The summed E-state index contributed by atoms with van der Waals surface area (Å²) >= 11 is 0. The Morgan fingerprint density at radius 3 is 2.58 bits per heavy atom. The lowest BCUT2D eigenvalue weighted by Gasteiger charge is -2.23. The zero-order valence-electron chi connectivity index (χ0n) is 15.1. The standard InChI is InChI=1S/C19H30N2O2.ClH/c1-19(2,3)15-8-10-17(11-9-15)23-13-5-7-18(22)21-16-6-4-12-20-14-16;/h8-11,16,20H,4-7,12-14H2,1-3H3,(H,21,22);1H. The maximum Gasteiger partial charge on any atom is 0.220 e. The zero-order valence-corrected chi connectivity index (χ0v) is 15.9. The Morgan fingerprint density at radius 1 is 1.29 bits per heavy atom. The van der Waals surface area contributed by atoms with E-state index < -0.39 is 0 Å². The number of nitrogens with one attached hydrogen (secondary N) is 2. The van der Waals surface area contributed by atoms with Crippen molar-refractivity contribution >= 4 is 18.3 Å². The van der Waals surface area contributed by atoms with Gasteiger partial charge in [0.25, 0.3) is 0 Å². The smallest absolute Gasteiger partial charge is 0.220 e. The van der Waals surface area contributed by atoms with Crippen molar-refractivity contribution in [2.45, 2.75) is 57.9 Å². The molecule has 1 aromatic rings. The quantitative estimate of drug-likeness (QED) is 0.769. The summed E-state index contributed by atoms with van der Waals surface area (Å²) in [5.41, 5.74) is 1.45. The zero-order chi connectivity index (χ0) is 16.7. The van der Waals surface area contributed by atoms with E-state index >= 15 is 0 Å². The second-order valence-corrected chi connectivity index (χ2v) is 7.34. The third-order valence-electron chi connectivity index (χ3n) is 4.20. The molecular formula is C19H31ClN2O2. The molecular weight excluding hydrogens is 324 g/mol. The van der Waals surface area contributed by atoms with E-state index in [1.807, 2.05) is 12.1 Å². The van der Waals surface area contributed by atoms with Crippen LogP contribution in [0, 0.1) is 0 Å². The summed E-state index contributed by atoms with van der Waals surface area (Å²) in [6, 6.07) is 8.53. The van der Waals surface area contributed by atoms with E-state index in [0.29, 0.717) is 19.1 Å². The molecule has 0 radical (unpaired) electrons. The van der Waals surface area contributed by atoms with Gasteiger partial charge in [-0.2, -0.15) is 0 Å². The van der Waals surface area contributed by atoms with Crippen molar-refractivity contribution in [1.29, 1.82) is 0 Å². The molecule has 5 heteroatoms. The second-order valence-electron chi connectivity index (χ2n) is 7.34. The van der Waals surface area contributed by atoms with Crippen LogP contribution >= 0.6 is 12.4 Å². The number of halogens is 1. The van der Waals surface area contributed by atoms with Gasteiger partial charge in [0.2, 0.25) is 5.91 Å². The minimum absolute atomic E-state index is 0. The van der Waals surface area contributed by atoms with Crippen molar-refractivity contribution in [3.63, 3.8) is 0 Å². The van der Waals surface area contributed by atoms with E-state index in [0.717, 1.165) is 38.1 Å². The molecule has 1 aliphatic heterocycles. The van der Waals surface area contributed by atoms with Gasteiger partial charge >= 0.3 is 0 Å². The highest BCUT2D eigenvalue weighted by Gasteiger charge is 2.15. The van der Waals surface area contributed by atoms with Crippen LogP contribution in [0.1, 0.15) is 52.0 Å². The fraction of sp³-hybridized carbons (Fsp3) is 0.632. The minimum Gasteiger partial charge on any atom is -0.494 e. The predicted molar refractivity (Wildman–Crippen MR) is 101 cm³/mol. The maximum atomic E-state index is 11.9. The van der Waals surface area contributed by atoms with Crippen LogP contribution < -0.4 is 15.4 Å². The molecule has 1 aromatic carbocycles. The lowest BCUT2D eigenvalue weighted by atomic mass is 9.87. The largest absolute Gasteiger partial charge is 0.494 e. The Bertz CT molecular complexity index is 491. The van der Waals surface area contributed by atoms with Crippen molar-refractivity contribution in [3.8, 4) is 5.75 Å². The highest BCUT2D eigenvalue weighted by Crippen LogP contribution is 2.24. The summed E-state index contributed by atoms with van der Waals surface area (Å²) in [6.07, 6.45) is 3.48. The van der Waals surface area contributed by atoms with Gasteiger partial charge in [-0.15, -0.1) is 12.4 Å². The number of carbonyl (C=O) groups is 1. The molecule has 1 atom stereocenters. The monoisotopic (exact) mass is 354 g/mol. The van der Waals surface area contributed by atoms with E-state index in [4.69, 9.17) is 4.74 Å². The van der Waals surface area contributed by atoms with Crippen molar-refractivity contribution in [3.05, 3.63) is 29.8 Å². The highest BCUT2D eigenvalue weighted by molar-refractivity contribution is 5.85. The van der Waals surface area contributed by atoms with Crippen LogP contribution in [-0.4, -0.2) is 31.6 Å². The minimum atomic E-state index is 0. The summed E-state index contributed by atoms with van der Waals surface area (Å²) in [4.78, 5) is 11.9. The van der Waals surface area contributed by atoms with Crippen molar-refractivity contribution < 1.29 is 9.53 Å². The van der Waals surface area contributed by atoms with Crippen LogP contribution in [0.3, 0.4) is 0 Å². The van der Waals surface area contributed by atoms with Crippen molar-refractivity contribution in [2.24, 2.45) is 0 Å². The number of amides is 1. The third-order valence-corrected chi connectivity index (χ3v) is 4.20. The molecule has 1 unspecified atom stereocenters. The Kier molecular flexibility index (Phi) is 8.57. The van der Waals surface area contributed by atoms with Crippen molar-refractivity contribution in [1.82, 2.24) is 10.6 Å². The summed E-state index contributed by atoms with van der Waals surface area (Å²) in [7, 11) is 0. The average Bonchev–Trinajstić information content (AvgIpc) is 2.52. The van der Waals surface area contributed by atoms with Crippen LogP contribution in [0.2, 0.25) is 0 Å².